The maximum atomic E-state index is 4.67. The monoisotopic (exact) mass is 314 g/mol. The van der Waals surface area contributed by atoms with Gasteiger partial charge in [0.2, 0.25) is 0 Å². The highest BCUT2D eigenvalue weighted by Gasteiger charge is 2.20. The van der Waals surface area contributed by atoms with Gasteiger partial charge in [0.15, 0.2) is 5.96 Å². The van der Waals surface area contributed by atoms with E-state index in [4.69, 9.17) is 0 Å². The largest absolute Gasteiger partial charge is 0.357 e. The quantitative estimate of drug-likeness (QED) is 0.461. The average Bonchev–Trinajstić information content (AvgIpc) is 3.40. The maximum Gasteiger partial charge on any atom is 0.191 e. The lowest BCUT2D eigenvalue weighted by molar-refractivity contribution is 0.251. The third kappa shape index (κ3) is 5.24. The van der Waals surface area contributed by atoms with Crippen molar-refractivity contribution >= 4 is 5.96 Å². The van der Waals surface area contributed by atoms with Crippen molar-refractivity contribution in [2.24, 2.45) is 10.9 Å². The third-order valence-electron chi connectivity index (χ3n) is 4.70. The van der Waals surface area contributed by atoms with E-state index in [1.54, 1.807) is 0 Å². The van der Waals surface area contributed by atoms with Crippen molar-refractivity contribution < 1.29 is 0 Å². The number of nitrogens with one attached hydrogen (secondary N) is 2. The molecule has 4 heteroatoms. The average molecular weight is 314 g/mol. The second-order valence-corrected chi connectivity index (χ2v) is 6.74. The second kappa shape index (κ2) is 8.34. The molecule has 2 aliphatic rings. The van der Waals surface area contributed by atoms with Gasteiger partial charge in [0.1, 0.15) is 0 Å². The topological polar surface area (TPSA) is 39.7 Å². The number of benzene rings is 1. The predicted octanol–water partition coefficient (Wildman–Crippen LogP) is 2.40. The summed E-state index contributed by atoms with van der Waals surface area (Å²) >= 11 is 0. The molecular weight excluding hydrogens is 284 g/mol. The Hall–Kier alpha value is -1.55. The van der Waals surface area contributed by atoms with E-state index in [1.165, 1.54) is 36.9 Å². The summed E-state index contributed by atoms with van der Waals surface area (Å²) in [7, 11) is 0. The first kappa shape index (κ1) is 16.3. The van der Waals surface area contributed by atoms with E-state index in [2.05, 4.69) is 51.7 Å². The molecule has 1 aliphatic carbocycles. The number of hydrogen-bond donors (Lipinski definition) is 2. The van der Waals surface area contributed by atoms with Crippen LogP contribution < -0.4 is 10.6 Å². The number of fused-ring (bicyclic) bond motifs is 1. The van der Waals surface area contributed by atoms with Gasteiger partial charge in [-0.15, -0.1) is 0 Å². The van der Waals surface area contributed by atoms with Crippen LogP contribution in [0.5, 0.6) is 0 Å². The first-order valence-electron chi connectivity index (χ1n) is 9.16. The molecule has 1 fully saturated rings. The Bertz CT molecular complexity index is 522. The van der Waals surface area contributed by atoms with Crippen LogP contribution >= 0.6 is 0 Å². The van der Waals surface area contributed by atoms with Gasteiger partial charge in [-0.3, -0.25) is 9.89 Å². The van der Waals surface area contributed by atoms with Crippen molar-refractivity contribution in [3.05, 3.63) is 35.4 Å². The normalized spacial score (nSPS) is 18.6. The van der Waals surface area contributed by atoms with Crippen LogP contribution in [0.25, 0.3) is 0 Å². The highest BCUT2D eigenvalue weighted by atomic mass is 15.2. The van der Waals surface area contributed by atoms with Gasteiger partial charge in [0.05, 0.1) is 0 Å². The summed E-state index contributed by atoms with van der Waals surface area (Å²) in [4.78, 5) is 7.24. The lowest BCUT2D eigenvalue weighted by Gasteiger charge is -2.28. The molecule has 0 saturated heterocycles. The highest BCUT2D eigenvalue weighted by molar-refractivity contribution is 5.79. The summed E-state index contributed by atoms with van der Waals surface area (Å²) in [6, 6.07) is 8.85. The fourth-order valence-electron chi connectivity index (χ4n) is 3.12. The van der Waals surface area contributed by atoms with Gasteiger partial charge >= 0.3 is 0 Å². The summed E-state index contributed by atoms with van der Waals surface area (Å²) in [5.74, 6) is 1.84. The number of hydrogen-bond acceptors (Lipinski definition) is 2. The van der Waals surface area contributed by atoms with Gasteiger partial charge < -0.3 is 10.6 Å². The summed E-state index contributed by atoms with van der Waals surface area (Å²) in [6.07, 6.45) is 5.07. The Morgan fingerprint density at radius 2 is 2.04 bits per heavy atom. The lowest BCUT2D eigenvalue weighted by atomic mass is 10.00. The molecular formula is C19H30N4. The summed E-state index contributed by atoms with van der Waals surface area (Å²) < 4.78 is 0. The van der Waals surface area contributed by atoms with Crippen molar-refractivity contribution in [3.8, 4) is 0 Å². The number of guanidine groups is 1. The van der Waals surface area contributed by atoms with Crippen LogP contribution in [0.15, 0.2) is 29.3 Å². The molecule has 23 heavy (non-hydrogen) atoms. The summed E-state index contributed by atoms with van der Waals surface area (Å²) in [6.45, 7) is 8.48. The molecule has 1 aliphatic heterocycles. The predicted molar refractivity (Wildman–Crippen MR) is 96.7 cm³/mol. The molecule has 1 heterocycles. The van der Waals surface area contributed by atoms with Gasteiger partial charge in [0, 0.05) is 39.3 Å². The van der Waals surface area contributed by atoms with Crippen molar-refractivity contribution in [2.75, 3.05) is 32.7 Å². The molecule has 0 spiro atoms. The molecule has 0 aromatic heterocycles. The Morgan fingerprint density at radius 1 is 1.22 bits per heavy atom. The molecule has 0 radical (unpaired) electrons. The van der Waals surface area contributed by atoms with Crippen LogP contribution in [-0.4, -0.2) is 43.6 Å². The zero-order chi connectivity index (χ0) is 15.9. The van der Waals surface area contributed by atoms with Gasteiger partial charge in [-0.25, -0.2) is 0 Å². The first-order chi connectivity index (χ1) is 11.3. The molecule has 1 aromatic carbocycles. The molecule has 1 saturated carbocycles. The summed E-state index contributed by atoms with van der Waals surface area (Å²) in [5.41, 5.74) is 3.04. The Labute approximate surface area is 140 Å². The Morgan fingerprint density at radius 3 is 2.83 bits per heavy atom. The smallest absolute Gasteiger partial charge is 0.191 e. The molecule has 3 rings (SSSR count). The van der Waals surface area contributed by atoms with Crippen molar-refractivity contribution in [1.29, 1.82) is 0 Å². The van der Waals surface area contributed by atoms with Crippen molar-refractivity contribution in [2.45, 2.75) is 39.2 Å². The lowest BCUT2D eigenvalue weighted by Crippen LogP contribution is -2.39. The molecule has 1 aromatic rings. The standard InChI is InChI=1S/C19H30N4/c1-2-20-19(22-14-16-8-9-16)21-11-5-12-23-13-10-17-6-3-4-7-18(17)15-23/h3-4,6-7,16H,2,5,8-15H2,1H3,(H2,20,21,22). The van der Waals surface area contributed by atoms with Crippen LogP contribution in [0.4, 0.5) is 0 Å². The minimum Gasteiger partial charge on any atom is -0.357 e. The summed E-state index contributed by atoms with van der Waals surface area (Å²) in [5, 5.41) is 6.82. The van der Waals surface area contributed by atoms with E-state index >= 15 is 0 Å². The SMILES string of the molecule is CCNC(=NCC1CC1)NCCCN1CCc2ccccc2C1. The highest BCUT2D eigenvalue weighted by Crippen LogP contribution is 2.28. The van der Waals surface area contributed by atoms with Crippen LogP contribution in [-0.2, 0) is 13.0 Å². The number of aliphatic imine (C=N–C) groups is 1. The van der Waals surface area contributed by atoms with E-state index in [0.29, 0.717) is 0 Å². The minimum atomic E-state index is 0.846. The zero-order valence-corrected chi connectivity index (χ0v) is 14.4. The van der Waals surface area contributed by atoms with E-state index in [9.17, 15) is 0 Å². The molecule has 0 unspecified atom stereocenters. The fraction of sp³-hybridized carbons (Fsp3) is 0.632. The Balaban J connectivity index is 1.36. The molecule has 2 N–H and O–H groups in total. The van der Waals surface area contributed by atoms with Crippen molar-refractivity contribution in [3.63, 3.8) is 0 Å². The van der Waals surface area contributed by atoms with Crippen LogP contribution in [0.2, 0.25) is 0 Å². The molecule has 0 amide bonds. The van der Waals surface area contributed by atoms with Crippen LogP contribution in [0, 0.1) is 5.92 Å². The number of rotatable bonds is 7. The van der Waals surface area contributed by atoms with Gasteiger partial charge in [-0.05, 0) is 49.7 Å². The van der Waals surface area contributed by atoms with E-state index in [1.807, 2.05) is 0 Å². The van der Waals surface area contributed by atoms with E-state index < -0.39 is 0 Å². The van der Waals surface area contributed by atoms with Gasteiger partial charge in [0.25, 0.3) is 0 Å². The third-order valence-corrected chi connectivity index (χ3v) is 4.70. The fourth-order valence-corrected chi connectivity index (χ4v) is 3.12. The van der Waals surface area contributed by atoms with Gasteiger partial charge in [-0.2, -0.15) is 0 Å². The van der Waals surface area contributed by atoms with Crippen LogP contribution in [0.3, 0.4) is 0 Å². The van der Waals surface area contributed by atoms with E-state index in [0.717, 1.165) is 51.0 Å². The molecule has 0 atom stereocenters. The second-order valence-electron chi connectivity index (χ2n) is 6.74. The van der Waals surface area contributed by atoms with Crippen molar-refractivity contribution in [1.82, 2.24) is 15.5 Å². The zero-order valence-electron chi connectivity index (χ0n) is 14.4. The molecule has 126 valence electrons. The molecule has 0 bridgehead atoms. The molecule has 4 nitrogen and oxygen atoms in total. The van der Waals surface area contributed by atoms with Gasteiger partial charge in [-0.1, -0.05) is 24.3 Å². The Kier molecular flexibility index (Phi) is 5.92. The van der Waals surface area contributed by atoms with E-state index in [-0.39, 0.29) is 0 Å². The number of nitrogens with zero attached hydrogens (tertiary/aromatic N) is 2. The maximum absolute atomic E-state index is 4.67. The first-order valence-corrected chi connectivity index (χ1v) is 9.16. The minimum absolute atomic E-state index is 0.846. The van der Waals surface area contributed by atoms with Crippen LogP contribution in [0.1, 0.15) is 37.3 Å².